The fourth-order valence-corrected chi connectivity index (χ4v) is 1.06. The van der Waals surface area contributed by atoms with Gasteiger partial charge in [-0.1, -0.05) is 30.4 Å². The first-order chi connectivity index (χ1) is 7.18. The molecule has 0 amide bonds. The standard InChI is InChI=1S/C14H24O2/c1-6-13(4,15)10-11-14(5,16)9-7-8-12(2)3/h8,15-16H,6-7,9H2,1-5H3. The van der Waals surface area contributed by atoms with Gasteiger partial charge in [0, 0.05) is 0 Å². The van der Waals surface area contributed by atoms with Gasteiger partial charge in [0.25, 0.3) is 0 Å². The summed E-state index contributed by atoms with van der Waals surface area (Å²) in [4.78, 5) is 0. The molecule has 0 aliphatic rings. The largest absolute Gasteiger partial charge is 0.378 e. The van der Waals surface area contributed by atoms with Crippen LogP contribution in [0, 0.1) is 11.8 Å². The first kappa shape index (κ1) is 15.2. The topological polar surface area (TPSA) is 40.5 Å². The summed E-state index contributed by atoms with van der Waals surface area (Å²) in [5, 5.41) is 19.7. The van der Waals surface area contributed by atoms with Gasteiger partial charge in [-0.05, 0) is 47.0 Å². The molecule has 0 saturated heterocycles. The summed E-state index contributed by atoms with van der Waals surface area (Å²) in [5.41, 5.74) is -0.782. The van der Waals surface area contributed by atoms with Gasteiger partial charge in [-0.3, -0.25) is 0 Å². The van der Waals surface area contributed by atoms with E-state index in [1.165, 1.54) is 5.57 Å². The first-order valence-corrected chi connectivity index (χ1v) is 5.81. The third-order valence-electron chi connectivity index (χ3n) is 2.47. The van der Waals surface area contributed by atoms with E-state index in [1.807, 2.05) is 20.8 Å². The number of hydrogen-bond acceptors (Lipinski definition) is 2. The van der Waals surface area contributed by atoms with Gasteiger partial charge in [0.1, 0.15) is 11.2 Å². The number of aliphatic hydroxyl groups is 2. The zero-order valence-corrected chi connectivity index (χ0v) is 11.1. The number of hydrogen-bond donors (Lipinski definition) is 2. The summed E-state index contributed by atoms with van der Waals surface area (Å²) in [7, 11) is 0. The van der Waals surface area contributed by atoms with Crippen LogP contribution in [0.2, 0.25) is 0 Å². The third-order valence-corrected chi connectivity index (χ3v) is 2.47. The second-order valence-corrected chi connectivity index (χ2v) is 4.97. The predicted octanol–water partition coefficient (Wildman–Crippen LogP) is 2.65. The van der Waals surface area contributed by atoms with Gasteiger partial charge in [-0.15, -0.1) is 0 Å². The Balaban J connectivity index is 4.40. The molecule has 0 aliphatic heterocycles. The van der Waals surface area contributed by atoms with Gasteiger partial charge in [0.05, 0.1) is 0 Å². The molecule has 2 heteroatoms. The highest BCUT2D eigenvalue weighted by Crippen LogP contribution is 2.14. The lowest BCUT2D eigenvalue weighted by Crippen LogP contribution is -2.25. The summed E-state index contributed by atoms with van der Waals surface area (Å²) in [6.45, 7) is 9.27. The lowest BCUT2D eigenvalue weighted by Gasteiger charge is -2.18. The van der Waals surface area contributed by atoms with Gasteiger partial charge < -0.3 is 10.2 Å². The van der Waals surface area contributed by atoms with Crippen LogP contribution in [0.15, 0.2) is 11.6 Å². The maximum absolute atomic E-state index is 9.97. The second-order valence-electron chi connectivity index (χ2n) is 4.97. The second kappa shape index (κ2) is 6.08. The molecule has 0 spiro atoms. The van der Waals surface area contributed by atoms with Crippen LogP contribution in [0.25, 0.3) is 0 Å². The molecule has 0 aromatic heterocycles. The quantitative estimate of drug-likeness (QED) is 0.569. The minimum absolute atomic E-state index is 0.560. The number of allylic oxidation sites excluding steroid dienone is 2. The van der Waals surface area contributed by atoms with Crippen molar-refractivity contribution in [2.75, 3.05) is 0 Å². The average molecular weight is 224 g/mol. The highest BCUT2D eigenvalue weighted by molar-refractivity contribution is 5.19. The normalized spacial score (nSPS) is 17.7. The van der Waals surface area contributed by atoms with Gasteiger partial charge >= 0.3 is 0 Å². The molecule has 0 radical (unpaired) electrons. The maximum Gasteiger partial charge on any atom is 0.123 e. The van der Waals surface area contributed by atoms with E-state index in [-0.39, 0.29) is 0 Å². The van der Waals surface area contributed by atoms with Crippen LogP contribution < -0.4 is 0 Å². The minimum Gasteiger partial charge on any atom is -0.378 e. The molecular formula is C14H24O2. The van der Waals surface area contributed by atoms with Crippen molar-refractivity contribution in [3.8, 4) is 11.8 Å². The fourth-order valence-electron chi connectivity index (χ4n) is 1.06. The van der Waals surface area contributed by atoms with Crippen LogP contribution in [0.1, 0.15) is 53.9 Å². The van der Waals surface area contributed by atoms with E-state index in [4.69, 9.17) is 0 Å². The van der Waals surface area contributed by atoms with Crippen LogP contribution in [0.5, 0.6) is 0 Å². The molecular weight excluding hydrogens is 200 g/mol. The van der Waals surface area contributed by atoms with Gasteiger partial charge in [0.2, 0.25) is 0 Å². The van der Waals surface area contributed by atoms with E-state index in [2.05, 4.69) is 17.9 Å². The molecule has 2 nitrogen and oxygen atoms in total. The van der Waals surface area contributed by atoms with E-state index in [0.29, 0.717) is 12.8 Å². The summed E-state index contributed by atoms with van der Waals surface area (Å²) in [6.07, 6.45) is 4.03. The van der Waals surface area contributed by atoms with Gasteiger partial charge in [0.15, 0.2) is 0 Å². The van der Waals surface area contributed by atoms with Gasteiger partial charge in [-0.2, -0.15) is 0 Å². The Morgan fingerprint density at radius 2 is 1.62 bits per heavy atom. The van der Waals surface area contributed by atoms with E-state index >= 15 is 0 Å². The Morgan fingerprint density at radius 1 is 1.12 bits per heavy atom. The van der Waals surface area contributed by atoms with Crippen LogP contribution in [0.4, 0.5) is 0 Å². The molecule has 0 aliphatic carbocycles. The number of rotatable bonds is 4. The van der Waals surface area contributed by atoms with Crippen molar-refractivity contribution in [1.29, 1.82) is 0 Å². The van der Waals surface area contributed by atoms with Crippen LogP contribution in [-0.4, -0.2) is 21.4 Å². The van der Waals surface area contributed by atoms with E-state index in [0.717, 1.165) is 6.42 Å². The van der Waals surface area contributed by atoms with Crippen molar-refractivity contribution in [2.24, 2.45) is 0 Å². The molecule has 0 aromatic rings. The average Bonchev–Trinajstić information content (AvgIpc) is 2.14. The molecule has 0 heterocycles. The highest BCUT2D eigenvalue weighted by Gasteiger charge is 2.18. The molecule has 0 aromatic carbocycles. The van der Waals surface area contributed by atoms with Crippen LogP contribution in [0.3, 0.4) is 0 Å². The zero-order valence-electron chi connectivity index (χ0n) is 11.1. The monoisotopic (exact) mass is 224 g/mol. The maximum atomic E-state index is 9.97. The Morgan fingerprint density at radius 3 is 2.06 bits per heavy atom. The molecule has 0 saturated carbocycles. The van der Waals surface area contributed by atoms with Crippen molar-refractivity contribution in [1.82, 2.24) is 0 Å². The molecule has 0 fully saturated rings. The SMILES string of the molecule is CCC(C)(O)C#CC(C)(O)CCC=C(C)C. The lowest BCUT2D eigenvalue weighted by atomic mass is 9.97. The van der Waals surface area contributed by atoms with Crippen LogP contribution >= 0.6 is 0 Å². The Labute approximate surface area is 99.4 Å². The fraction of sp³-hybridized carbons (Fsp3) is 0.714. The third kappa shape index (κ3) is 7.50. The summed E-state index contributed by atoms with van der Waals surface area (Å²) < 4.78 is 0. The Kier molecular flexibility index (Phi) is 5.78. The van der Waals surface area contributed by atoms with Crippen LogP contribution in [-0.2, 0) is 0 Å². The molecule has 2 unspecified atom stereocenters. The van der Waals surface area contributed by atoms with Crippen molar-refractivity contribution in [3.05, 3.63) is 11.6 Å². The molecule has 0 bridgehead atoms. The lowest BCUT2D eigenvalue weighted by molar-refractivity contribution is 0.103. The zero-order chi connectivity index (χ0) is 12.8. The van der Waals surface area contributed by atoms with E-state index in [9.17, 15) is 10.2 Å². The Bertz CT molecular complexity index is 296. The highest BCUT2D eigenvalue weighted by atomic mass is 16.3. The van der Waals surface area contributed by atoms with E-state index < -0.39 is 11.2 Å². The molecule has 0 rings (SSSR count). The van der Waals surface area contributed by atoms with Gasteiger partial charge in [-0.25, -0.2) is 0 Å². The molecule has 2 N–H and O–H groups in total. The van der Waals surface area contributed by atoms with Crippen molar-refractivity contribution < 1.29 is 10.2 Å². The summed E-state index contributed by atoms with van der Waals surface area (Å²) in [6, 6.07) is 0. The predicted molar refractivity (Wildman–Crippen MR) is 68.0 cm³/mol. The van der Waals surface area contributed by atoms with Crippen molar-refractivity contribution in [3.63, 3.8) is 0 Å². The van der Waals surface area contributed by atoms with E-state index in [1.54, 1.807) is 13.8 Å². The van der Waals surface area contributed by atoms with Crippen molar-refractivity contribution in [2.45, 2.75) is 65.1 Å². The smallest absolute Gasteiger partial charge is 0.123 e. The molecule has 2 atom stereocenters. The van der Waals surface area contributed by atoms with Crippen molar-refractivity contribution >= 4 is 0 Å². The summed E-state index contributed by atoms with van der Waals surface area (Å²) >= 11 is 0. The first-order valence-electron chi connectivity index (χ1n) is 5.81. The molecule has 92 valence electrons. The summed E-state index contributed by atoms with van der Waals surface area (Å²) in [5.74, 6) is 5.47. The Hall–Kier alpha value is -0.780. The minimum atomic E-state index is -1.02. The molecule has 16 heavy (non-hydrogen) atoms.